The first kappa shape index (κ1) is 41.4. The fraction of sp³-hybridized carbons (Fsp3) is 0.458. The maximum absolute atomic E-state index is 15.5. The van der Waals surface area contributed by atoms with Crippen LogP contribution in [0.25, 0.3) is 52.8 Å². The summed E-state index contributed by atoms with van der Waals surface area (Å²) in [6.45, 7) is 9.09. The van der Waals surface area contributed by atoms with Gasteiger partial charge in [0.05, 0.1) is 11.7 Å². The Morgan fingerprint density at radius 3 is 1.24 bits per heavy atom. The molecule has 292 valence electrons. The van der Waals surface area contributed by atoms with Gasteiger partial charge in [-0.2, -0.15) is 8.75 Å². The zero-order valence-corrected chi connectivity index (χ0v) is 35.7. The van der Waals surface area contributed by atoms with E-state index in [0.717, 1.165) is 65.6 Å². The summed E-state index contributed by atoms with van der Waals surface area (Å²) in [6, 6.07) is 23.9. The van der Waals surface area contributed by atoms with E-state index < -0.39 is 0 Å². The summed E-state index contributed by atoms with van der Waals surface area (Å²) in [6.07, 6.45) is 19.9. The van der Waals surface area contributed by atoms with Gasteiger partial charge in [0.15, 0.2) is 0 Å². The summed E-state index contributed by atoms with van der Waals surface area (Å²) in [4.78, 5) is 3.88. The summed E-state index contributed by atoms with van der Waals surface area (Å²) in [5.74, 6) is 0.777. The first-order chi connectivity index (χ1) is 26.8. The van der Waals surface area contributed by atoms with E-state index >= 15 is 8.78 Å². The van der Waals surface area contributed by atoms with Crippen LogP contribution in [0.3, 0.4) is 0 Å². The Kier molecular flexibility index (Phi) is 15.6. The standard InChI is InChI=1S/C48H58F2N2S3/c1-5-7-9-11-13-15-17-33(3)29-35-19-21-37(41(49)31-35)43-25-27-45(53-43)39-23-24-40(48-47(39)51-55-52-48)46-28-26-44(54-46)38-22-20-36(32-42(38)50)30-34(4)18-16-14-12-10-8-6-2/h19-28,31-34H,5-18,29-30H2,1-4H3. The van der Waals surface area contributed by atoms with E-state index in [0.29, 0.717) is 23.0 Å². The minimum Gasteiger partial charge on any atom is -0.206 e. The zero-order chi connectivity index (χ0) is 38.6. The van der Waals surface area contributed by atoms with Crippen molar-refractivity contribution in [1.29, 1.82) is 0 Å². The minimum atomic E-state index is -0.161. The van der Waals surface area contributed by atoms with Gasteiger partial charge in [-0.05, 0) is 72.2 Å². The number of halogens is 2. The summed E-state index contributed by atoms with van der Waals surface area (Å²) in [5.41, 5.74) is 7.09. The molecule has 0 aliphatic rings. The number of aromatic nitrogens is 2. The number of hydrogen-bond acceptors (Lipinski definition) is 5. The lowest BCUT2D eigenvalue weighted by molar-refractivity contribution is 0.480. The number of benzene rings is 3. The van der Waals surface area contributed by atoms with Crippen molar-refractivity contribution in [3.05, 3.63) is 95.6 Å². The number of hydrogen-bond donors (Lipinski definition) is 0. The molecule has 0 aliphatic carbocycles. The van der Waals surface area contributed by atoms with Crippen LogP contribution in [0.1, 0.15) is 129 Å². The third-order valence-corrected chi connectivity index (χ3v) is 13.9. The zero-order valence-electron chi connectivity index (χ0n) is 33.3. The average molecular weight is 797 g/mol. The van der Waals surface area contributed by atoms with Gasteiger partial charge in [-0.25, -0.2) is 8.78 Å². The number of thiophene rings is 2. The van der Waals surface area contributed by atoms with Crippen LogP contribution in [0, 0.1) is 23.5 Å². The highest BCUT2D eigenvalue weighted by Gasteiger charge is 2.19. The Labute approximate surface area is 340 Å². The molecular weight excluding hydrogens is 739 g/mol. The van der Waals surface area contributed by atoms with E-state index in [1.165, 1.54) is 102 Å². The molecule has 7 heteroatoms. The predicted octanol–water partition coefficient (Wildman–Crippen LogP) is 16.6. The van der Waals surface area contributed by atoms with E-state index in [4.69, 9.17) is 8.75 Å². The first-order valence-electron chi connectivity index (χ1n) is 20.9. The Balaban J connectivity index is 1.09. The molecule has 3 heterocycles. The van der Waals surface area contributed by atoms with Crippen molar-refractivity contribution < 1.29 is 8.78 Å². The molecule has 0 aliphatic heterocycles. The number of nitrogens with zero attached hydrogens (tertiary/aromatic N) is 2. The van der Waals surface area contributed by atoms with Crippen molar-refractivity contribution in [2.75, 3.05) is 0 Å². The molecule has 6 aromatic rings. The van der Waals surface area contributed by atoms with Gasteiger partial charge < -0.3 is 0 Å². The molecule has 0 fully saturated rings. The molecule has 6 rings (SSSR count). The quantitative estimate of drug-likeness (QED) is 0.0640. The van der Waals surface area contributed by atoms with Crippen molar-refractivity contribution >= 4 is 45.4 Å². The molecule has 0 radical (unpaired) electrons. The molecular formula is C48H58F2N2S3. The molecule has 2 atom stereocenters. The van der Waals surface area contributed by atoms with Gasteiger partial charge in [0.1, 0.15) is 22.7 Å². The minimum absolute atomic E-state index is 0.161. The van der Waals surface area contributed by atoms with Gasteiger partial charge in [0.2, 0.25) is 0 Å². The summed E-state index contributed by atoms with van der Waals surface area (Å²) in [7, 11) is 0. The second-order valence-electron chi connectivity index (χ2n) is 15.8. The maximum atomic E-state index is 15.5. The van der Waals surface area contributed by atoms with Gasteiger partial charge in [-0.15, -0.1) is 22.7 Å². The van der Waals surface area contributed by atoms with E-state index in [1.54, 1.807) is 34.8 Å². The van der Waals surface area contributed by atoms with Gasteiger partial charge >= 0.3 is 0 Å². The van der Waals surface area contributed by atoms with Crippen LogP contribution >= 0.6 is 34.4 Å². The normalized spacial score (nSPS) is 12.8. The highest BCUT2D eigenvalue weighted by atomic mass is 32.1. The third kappa shape index (κ3) is 11.2. The highest BCUT2D eigenvalue weighted by Crippen LogP contribution is 2.43. The van der Waals surface area contributed by atoms with Gasteiger partial charge in [-0.3, -0.25) is 0 Å². The van der Waals surface area contributed by atoms with Crippen LogP contribution in [0.15, 0.2) is 72.8 Å². The Bertz CT molecular complexity index is 1950. The van der Waals surface area contributed by atoms with Gasteiger partial charge in [0, 0.05) is 41.8 Å². The summed E-state index contributed by atoms with van der Waals surface area (Å²) >= 11 is 4.37. The predicted molar refractivity (Wildman–Crippen MR) is 237 cm³/mol. The van der Waals surface area contributed by atoms with Crippen molar-refractivity contribution in [3.8, 4) is 41.8 Å². The molecule has 3 aromatic carbocycles. The molecule has 3 aromatic heterocycles. The monoisotopic (exact) mass is 796 g/mol. The molecule has 2 unspecified atom stereocenters. The Hall–Kier alpha value is -3.26. The summed E-state index contributed by atoms with van der Waals surface area (Å²) in [5, 5.41) is 0. The smallest absolute Gasteiger partial charge is 0.132 e. The van der Waals surface area contributed by atoms with Crippen LogP contribution < -0.4 is 0 Å². The molecule has 0 saturated heterocycles. The summed E-state index contributed by atoms with van der Waals surface area (Å²) < 4.78 is 40.5. The van der Waals surface area contributed by atoms with Crippen molar-refractivity contribution in [2.45, 2.75) is 130 Å². The Morgan fingerprint density at radius 2 is 0.836 bits per heavy atom. The molecule has 0 saturated carbocycles. The van der Waals surface area contributed by atoms with Crippen molar-refractivity contribution in [1.82, 2.24) is 8.75 Å². The lowest BCUT2D eigenvalue weighted by Crippen LogP contribution is -2.00. The number of unbranched alkanes of at least 4 members (excludes halogenated alkanes) is 10. The molecule has 0 bridgehead atoms. The van der Waals surface area contributed by atoms with Gasteiger partial charge in [-0.1, -0.05) is 154 Å². The average Bonchev–Trinajstić information content (AvgIpc) is 3.97. The van der Waals surface area contributed by atoms with Crippen LogP contribution in [-0.4, -0.2) is 8.75 Å². The van der Waals surface area contributed by atoms with Crippen molar-refractivity contribution in [2.24, 2.45) is 11.8 Å². The lowest BCUT2D eigenvalue weighted by Gasteiger charge is -2.12. The molecule has 0 amide bonds. The van der Waals surface area contributed by atoms with Gasteiger partial charge in [0.25, 0.3) is 0 Å². The van der Waals surface area contributed by atoms with E-state index in [2.05, 4.69) is 64.1 Å². The van der Waals surface area contributed by atoms with Crippen LogP contribution in [0.4, 0.5) is 8.78 Å². The van der Waals surface area contributed by atoms with Crippen LogP contribution in [-0.2, 0) is 12.8 Å². The van der Waals surface area contributed by atoms with E-state index in [-0.39, 0.29) is 11.6 Å². The van der Waals surface area contributed by atoms with E-state index in [9.17, 15) is 0 Å². The molecule has 2 nitrogen and oxygen atoms in total. The Morgan fingerprint density at radius 1 is 0.473 bits per heavy atom. The largest absolute Gasteiger partial charge is 0.206 e. The lowest BCUT2D eigenvalue weighted by atomic mass is 9.94. The topological polar surface area (TPSA) is 25.8 Å². The molecule has 0 spiro atoms. The number of rotatable bonds is 22. The second-order valence-corrected chi connectivity index (χ2v) is 18.5. The maximum Gasteiger partial charge on any atom is 0.132 e. The second kappa shape index (κ2) is 20.8. The molecule has 0 N–H and O–H groups in total. The first-order valence-corrected chi connectivity index (χ1v) is 23.2. The van der Waals surface area contributed by atoms with Crippen LogP contribution in [0.5, 0.6) is 0 Å². The third-order valence-electron chi connectivity index (χ3n) is 11.0. The van der Waals surface area contributed by atoms with Crippen LogP contribution in [0.2, 0.25) is 0 Å². The SMILES string of the molecule is CCCCCCCCC(C)Cc1ccc(-c2ccc(-c3ccc(-c4ccc(-c5ccc(CC(C)CCCCCCCC)cc5F)s4)c4nsnc34)s2)c(F)c1. The van der Waals surface area contributed by atoms with E-state index in [1.807, 2.05) is 24.3 Å². The molecule has 55 heavy (non-hydrogen) atoms. The fourth-order valence-electron chi connectivity index (χ4n) is 7.84. The fourth-order valence-corrected chi connectivity index (χ4v) is 10.5. The number of fused-ring (bicyclic) bond motifs is 1. The highest BCUT2D eigenvalue weighted by molar-refractivity contribution is 7.19. The van der Waals surface area contributed by atoms with Crippen molar-refractivity contribution in [3.63, 3.8) is 0 Å².